The lowest BCUT2D eigenvalue weighted by Crippen LogP contribution is -2.11. The van der Waals surface area contributed by atoms with Gasteiger partial charge in [-0.05, 0) is 25.1 Å². The first-order valence-electron chi connectivity index (χ1n) is 4.58. The molecule has 0 spiro atoms. The van der Waals surface area contributed by atoms with Gasteiger partial charge in [0.05, 0.1) is 5.25 Å². The molecule has 0 aliphatic rings. The Bertz CT molecular complexity index is 325. The van der Waals surface area contributed by atoms with E-state index in [1.54, 1.807) is 6.07 Å². The SMILES string of the molecule is CCC(=O)C(C)Sc1cccc(F)c1. The van der Waals surface area contributed by atoms with Crippen LogP contribution in [0.4, 0.5) is 4.39 Å². The number of halogens is 1. The third-order valence-electron chi connectivity index (χ3n) is 1.91. The number of carbonyl (C=O) groups is 1. The summed E-state index contributed by atoms with van der Waals surface area (Å²) in [5.41, 5.74) is 0. The zero-order chi connectivity index (χ0) is 10.6. The number of benzene rings is 1. The van der Waals surface area contributed by atoms with Crippen LogP contribution in [-0.4, -0.2) is 11.0 Å². The Balaban J connectivity index is 2.64. The van der Waals surface area contributed by atoms with Gasteiger partial charge in [-0.1, -0.05) is 13.0 Å². The Morgan fingerprint density at radius 1 is 1.57 bits per heavy atom. The predicted molar refractivity (Wildman–Crippen MR) is 57.0 cm³/mol. The van der Waals surface area contributed by atoms with Crippen molar-refractivity contribution in [2.24, 2.45) is 0 Å². The number of Topliss-reactive ketones (excluding diaryl/α,β-unsaturated/α-hetero) is 1. The summed E-state index contributed by atoms with van der Waals surface area (Å²) < 4.78 is 12.8. The summed E-state index contributed by atoms with van der Waals surface area (Å²) in [6.45, 7) is 3.69. The third kappa shape index (κ3) is 3.14. The van der Waals surface area contributed by atoms with E-state index >= 15 is 0 Å². The summed E-state index contributed by atoms with van der Waals surface area (Å²) in [7, 11) is 0. The van der Waals surface area contributed by atoms with Crippen LogP contribution in [0.25, 0.3) is 0 Å². The van der Waals surface area contributed by atoms with Crippen molar-refractivity contribution in [1.29, 1.82) is 0 Å². The fourth-order valence-corrected chi connectivity index (χ4v) is 2.14. The van der Waals surface area contributed by atoms with Gasteiger partial charge in [0.25, 0.3) is 0 Å². The maximum atomic E-state index is 12.8. The second kappa shape index (κ2) is 5.15. The van der Waals surface area contributed by atoms with Crippen LogP contribution in [-0.2, 0) is 4.79 Å². The Morgan fingerprint density at radius 3 is 2.86 bits per heavy atom. The van der Waals surface area contributed by atoms with E-state index in [0.29, 0.717) is 6.42 Å². The van der Waals surface area contributed by atoms with E-state index in [9.17, 15) is 9.18 Å². The first kappa shape index (κ1) is 11.2. The van der Waals surface area contributed by atoms with E-state index in [-0.39, 0.29) is 16.9 Å². The second-order valence-electron chi connectivity index (χ2n) is 3.04. The molecule has 0 aliphatic carbocycles. The minimum Gasteiger partial charge on any atom is -0.298 e. The minimum absolute atomic E-state index is 0.0956. The van der Waals surface area contributed by atoms with Gasteiger partial charge in [-0.15, -0.1) is 11.8 Å². The lowest BCUT2D eigenvalue weighted by Gasteiger charge is -2.08. The number of carbonyl (C=O) groups excluding carboxylic acids is 1. The first-order valence-corrected chi connectivity index (χ1v) is 5.46. The number of hydrogen-bond acceptors (Lipinski definition) is 2. The standard InChI is InChI=1S/C11H13FOS/c1-3-11(13)8(2)14-10-6-4-5-9(12)7-10/h4-8H,3H2,1-2H3. The molecule has 0 radical (unpaired) electrons. The van der Waals surface area contributed by atoms with Crippen molar-refractivity contribution < 1.29 is 9.18 Å². The Labute approximate surface area is 87.7 Å². The fraction of sp³-hybridized carbons (Fsp3) is 0.364. The summed E-state index contributed by atoms with van der Waals surface area (Å²) in [6, 6.07) is 6.31. The van der Waals surface area contributed by atoms with E-state index < -0.39 is 0 Å². The summed E-state index contributed by atoms with van der Waals surface area (Å²) in [5, 5.41) is -0.0956. The van der Waals surface area contributed by atoms with Crippen LogP contribution in [0.5, 0.6) is 0 Å². The van der Waals surface area contributed by atoms with Crippen molar-refractivity contribution in [2.45, 2.75) is 30.4 Å². The van der Waals surface area contributed by atoms with E-state index in [4.69, 9.17) is 0 Å². The Hall–Kier alpha value is -0.830. The smallest absolute Gasteiger partial charge is 0.145 e. The molecule has 1 aromatic rings. The van der Waals surface area contributed by atoms with Crippen LogP contribution in [0.15, 0.2) is 29.2 Å². The lowest BCUT2D eigenvalue weighted by atomic mass is 10.2. The van der Waals surface area contributed by atoms with Gasteiger partial charge in [-0.3, -0.25) is 4.79 Å². The summed E-state index contributed by atoms with van der Waals surface area (Å²) in [6.07, 6.45) is 0.531. The Morgan fingerprint density at radius 2 is 2.29 bits per heavy atom. The largest absolute Gasteiger partial charge is 0.298 e. The summed E-state index contributed by atoms with van der Waals surface area (Å²) in [5.74, 6) is -0.0644. The summed E-state index contributed by atoms with van der Waals surface area (Å²) >= 11 is 1.40. The zero-order valence-corrected chi connectivity index (χ0v) is 9.10. The second-order valence-corrected chi connectivity index (χ2v) is 4.45. The molecule has 0 saturated heterocycles. The maximum Gasteiger partial charge on any atom is 0.145 e. The zero-order valence-electron chi connectivity index (χ0n) is 8.29. The molecular formula is C11H13FOS. The van der Waals surface area contributed by atoms with Gasteiger partial charge in [0, 0.05) is 11.3 Å². The molecule has 0 N–H and O–H groups in total. The first-order chi connectivity index (χ1) is 6.63. The quantitative estimate of drug-likeness (QED) is 0.712. The Kier molecular flexibility index (Phi) is 4.14. The van der Waals surface area contributed by atoms with E-state index in [1.165, 1.54) is 23.9 Å². The summed E-state index contributed by atoms with van der Waals surface area (Å²) in [4.78, 5) is 12.1. The molecule has 0 amide bonds. The molecule has 0 aliphatic heterocycles. The molecule has 1 unspecified atom stereocenters. The third-order valence-corrected chi connectivity index (χ3v) is 3.05. The molecule has 0 bridgehead atoms. The van der Waals surface area contributed by atoms with Gasteiger partial charge < -0.3 is 0 Å². The van der Waals surface area contributed by atoms with Gasteiger partial charge >= 0.3 is 0 Å². The molecule has 14 heavy (non-hydrogen) atoms. The van der Waals surface area contributed by atoms with Crippen molar-refractivity contribution in [3.05, 3.63) is 30.1 Å². The van der Waals surface area contributed by atoms with Gasteiger partial charge in [0.2, 0.25) is 0 Å². The molecular weight excluding hydrogens is 199 g/mol. The van der Waals surface area contributed by atoms with Gasteiger partial charge in [0.15, 0.2) is 0 Å². The highest BCUT2D eigenvalue weighted by molar-refractivity contribution is 8.00. The molecule has 0 heterocycles. The topological polar surface area (TPSA) is 17.1 Å². The average Bonchev–Trinajstić information content (AvgIpc) is 2.16. The van der Waals surface area contributed by atoms with Crippen LogP contribution in [0.3, 0.4) is 0 Å². The van der Waals surface area contributed by atoms with Gasteiger partial charge in [-0.25, -0.2) is 4.39 Å². The van der Waals surface area contributed by atoms with Gasteiger partial charge in [0.1, 0.15) is 11.6 Å². The average molecular weight is 212 g/mol. The molecule has 1 aromatic carbocycles. The molecule has 76 valence electrons. The van der Waals surface area contributed by atoms with E-state index in [0.717, 1.165) is 4.90 Å². The molecule has 0 fully saturated rings. The van der Waals surface area contributed by atoms with Crippen LogP contribution >= 0.6 is 11.8 Å². The molecule has 3 heteroatoms. The monoisotopic (exact) mass is 212 g/mol. The van der Waals surface area contributed by atoms with Crippen LogP contribution in [0.1, 0.15) is 20.3 Å². The highest BCUT2D eigenvalue weighted by atomic mass is 32.2. The number of ketones is 1. The lowest BCUT2D eigenvalue weighted by molar-refractivity contribution is -0.117. The normalized spacial score (nSPS) is 12.5. The molecule has 1 atom stereocenters. The number of hydrogen-bond donors (Lipinski definition) is 0. The molecule has 1 nitrogen and oxygen atoms in total. The van der Waals surface area contributed by atoms with Crippen LogP contribution < -0.4 is 0 Å². The molecule has 0 saturated carbocycles. The van der Waals surface area contributed by atoms with Crippen LogP contribution in [0.2, 0.25) is 0 Å². The van der Waals surface area contributed by atoms with Crippen LogP contribution in [0, 0.1) is 5.82 Å². The van der Waals surface area contributed by atoms with Crippen molar-refractivity contribution in [1.82, 2.24) is 0 Å². The highest BCUT2D eigenvalue weighted by Crippen LogP contribution is 2.24. The number of thioether (sulfide) groups is 1. The van der Waals surface area contributed by atoms with Gasteiger partial charge in [-0.2, -0.15) is 0 Å². The van der Waals surface area contributed by atoms with Crippen molar-refractivity contribution in [3.63, 3.8) is 0 Å². The molecule has 1 rings (SSSR count). The minimum atomic E-state index is -0.258. The highest BCUT2D eigenvalue weighted by Gasteiger charge is 2.11. The maximum absolute atomic E-state index is 12.8. The van der Waals surface area contributed by atoms with E-state index in [1.807, 2.05) is 19.9 Å². The van der Waals surface area contributed by atoms with Crippen molar-refractivity contribution in [3.8, 4) is 0 Å². The van der Waals surface area contributed by atoms with Crippen molar-refractivity contribution >= 4 is 17.5 Å². The molecule has 0 aromatic heterocycles. The van der Waals surface area contributed by atoms with Crippen molar-refractivity contribution in [2.75, 3.05) is 0 Å². The fourth-order valence-electron chi connectivity index (χ4n) is 1.10. The van der Waals surface area contributed by atoms with E-state index in [2.05, 4.69) is 0 Å². The predicted octanol–water partition coefficient (Wildman–Crippen LogP) is 3.29. The number of rotatable bonds is 4.